The van der Waals surface area contributed by atoms with Crippen LogP contribution in [0, 0.1) is 0 Å². The third-order valence-corrected chi connectivity index (χ3v) is 9.13. The highest BCUT2D eigenvalue weighted by molar-refractivity contribution is 6.31. The third-order valence-electron chi connectivity index (χ3n) is 9.13. The molecule has 2 aromatic rings. The Morgan fingerprint density at radius 3 is 2.45 bits per heavy atom. The molecular weight excluding hydrogens is 618 g/mol. The van der Waals surface area contributed by atoms with Gasteiger partial charge in [-0.25, -0.2) is 4.79 Å². The Morgan fingerprint density at radius 2 is 1.79 bits per heavy atom. The summed E-state index contributed by atoms with van der Waals surface area (Å²) >= 11 is 0. The molecule has 2 fully saturated rings. The molecule has 4 N–H and O–H groups in total. The van der Waals surface area contributed by atoms with Crippen LogP contribution in [0.4, 0.5) is 4.79 Å². The zero-order chi connectivity index (χ0) is 34.2. The molecule has 0 aromatic heterocycles. The molecule has 47 heavy (non-hydrogen) atoms. The van der Waals surface area contributed by atoms with Gasteiger partial charge in [-0.15, -0.1) is 0 Å². The van der Waals surface area contributed by atoms with Crippen molar-refractivity contribution in [3.8, 4) is 17.2 Å². The minimum atomic E-state index is -2.28. The number of aliphatic hydroxyl groups is 2. The van der Waals surface area contributed by atoms with Gasteiger partial charge in [0.15, 0.2) is 17.9 Å². The smallest absolute Gasteiger partial charge is 0.412 e. The van der Waals surface area contributed by atoms with E-state index < -0.39 is 107 Å². The number of ether oxygens (including phenoxy) is 5. The van der Waals surface area contributed by atoms with Crippen molar-refractivity contribution in [1.82, 2.24) is 4.90 Å². The molecule has 2 heterocycles. The largest absolute Gasteiger partial charge is 0.507 e. The highest BCUT2D eigenvalue weighted by atomic mass is 16.7. The highest BCUT2D eigenvalue weighted by Gasteiger charge is 2.52. The van der Waals surface area contributed by atoms with Crippen LogP contribution in [0.5, 0.6) is 17.2 Å². The Balaban J connectivity index is 1.42. The topological polar surface area (TPSA) is 199 Å². The molecule has 14 heteroatoms. The number of amides is 1. The number of carbonyl (C=O) groups excluding carboxylic acids is 4. The summed E-state index contributed by atoms with van der Waals surface area (Å²) in [5, 5.41) is 44.5. The number of rotatable bonds is 5. The Bertz CT molecular complexity index is 1680. The summed E-state index contributed by atoms with van der Waals surface area (Å²) < 4.78 is 29.1. The third kappa shape index (κ3) is 5.33. The second-order valence-corrected chi connectivity index (χ2v) is 13.3. The van der Waals surface area contributed by atoms with E-state index in [1.807, 2.05) is 0 Å². The first-order valence-corrected chi connectivity index (χ1v) is 15.3. The molecule has 0 radical (unpaired) electrons. The van der Waals surface area contributed by atoms with Crippen molar-refractivity contribution in [2.75, 3.05) is 20.4 Å². The highest BCUT2D eigenvalue weighted by Crippen LogP contribution is 2.52. The van der Waals surface area contributed by atoms with Crippen LogP contribution in [-0.2, 0) is 30.2 Å². The fourth-order valence-corrected chi connectivity index (χ4v) is 7.00. The first-order valence-electron chi connectivity index (χ1n) is 15.3. The van der Waals surface area contributed by atoms with Crippen LogP contribution in [0.15, 0.2) is 18.2 Å². The van der Waals surface area contributed by atoms with Gasteiger partial charge in [-0.3, -0.25) is 19.3 Å². The number of benzene rings is 2. The Morgan fingerprint density at radius 1 is 1.09 bits per heavy atom. The lowest BCUT2D eigenvalue weighted by molar-refractivity contribution is -0.246. The van der Waals surface area contributed by atoms with Gasteiger partial charge in [0.2, 0.25) is 5.78 Å². The van der Waals surface area contributed by atoms with E-state index in [-0.39, 0.29) is 41.2 Å². The van der Waals surface area contributed by atoms with E-state index in [1.165, 1.54) is 30.2 Å². The summed E-state index contributed by atoms with van der Waals surface area (Å²) in [6.07, 6.45) is -5.22. The second kappa shape index (κ2) is 11.6. The zero-order valence-corrected chi connectivity index (χ0v) is 26.6. The van der Waals surface area contributed by atoms with Crippen molar-refractivity contribution in [1.29, 1.82) is 0 Å². The van der Waals surface area contributed by atoms with Gasteiger partial charge in [-0.1, -0.05) is 12.1 Å². The predicted octanol–water partition coefficient (Wildman–Crippen LogP) is 2.28. The average Bonchev–Trinajstić information content (AvgIpc) is 3.44. The van der Waals surface area contributed by atoms with E-state index in [0.29, 0.717) is 0 Å². The number of aliphatic hydroxyl groups excluding tert-OH is 1. The lowest BCUT2D eigenvalue weighted by atomic mass is 9.72. The second-order valence-electron chi connectivity index (χ2n) is 13.3. The molecule has 6 atom stereocenters. The summed E-state index contributed by atoms with van der Waals surface area (Å²) in [6.45, 7) is 5.84. The lowest BCUT2D eigenvalue weighted by Crippen LogP contribution is -2.53. The first kappa shape index (κ1) is 32.8. The van der Waals surface area contributed by atoms with Crippen molar-refractivity contribution in [3.63, 3.8) is 0 Å². The van der Waals surface area contributed by atoms with Crippen LogP contribution in [0.25, 0.3) is 0 Å². The molecule has 1 amide bonds. The fraction of sp³-hybridized carbons (Fsp3) is 0.515. The standard InChI is InChI=1S/C33H37NO13/c1-14-30-17(34(13-44-30)31(41)47-32(2,3)4)9-21(45-14)46-19-11-33(42,20(36)12-35)10-16-23(19)29(40)25-24(27(16)38)26(37)15-7-6-8-18(43-5)22(15)28(25)39/h6-8,14,17,19,21,30,35,38,40,42H,9-13H2,1-5H3/t14?,17?,19?,21?,30?,33-/m0/s1. The first-order chi connectivity index (χ1) is 22.1. The van der Waals surface area contributed by atoms with E-state index in [1.54, 1.807) is 27.7 Å². The predicted molar refractivity (Wildman–Crippen MR) is 159 cm³/mol. The Labute approximate surface area is 269 Å². The zero-order valence-electron chi connectivity index (χ0n) is 26.6. The normalized spacial score (nSPS) is 28.2. The van der Waals surface area contributed by atoms with Crippen LogP contribution in [0.3, 0.4) is 0 Å². The fourth-order valence-electron chi connectivity index (χ4n) is 7.00. The summed E-state index contributed by atoms with van der Waals surface area (Å²) in [7, 11) is 1.32. The van der Waals surface area contributed by atoms with Crippen LogP contribution in [-0.4, -0.2) is 105 Å². The molecule has 0 saturated carbocycles. The van der Waals surface area contributed by atoms with Gasteiger partial charge in [0.25, 0.3) is 0 Å². The number of phenols is 2. The molecule has 2 saturated heterocycles. The minimum absolute atomic E-state index is 0.0520. The van der Waals surface area contributed by atoms with Gasteiger partial charge >= 0.3 is 6.09 Å². The van der Waals surface area contributed by atoms with E-state index in [4.69, 9.17) is 23.7 Å². The van der Waals surface area contributed by atoms with Crippen molar-refractivity contribution >= 4 is 23.4 Å². The number of nitrogens with zero attached hydrogens (tertiary/aromatic N) is 1. The van der Waals surface area contributed by atoms with Gasteiger partial charge in [-0.05, 0) is 33.8 Å². The maximum Gasteiger partial charge on any atom is 0.412 e. The number of Topliss-reactive ketones (excluding diaryl/α,β-unsaturated/α-hetero) is 1. The molecule has 2 aliphatic heterocycles. The SMILES string of the molecule is COc1cccc2c1C(=O)c1c(O)c3c(c(O)c1C2=O)C[C@@](O)(C(=O)CO)CC3OC1CC2C(OCN2C(=O)OC(C)(C)C)C(C)O1. The van der Waals surface area contributed by atoms with E-state index in [2.05, 4.69) is 0 Å². The summed E-state index contributed by atoms with van der Waals surface area (Å²) in [6, 6.07) is 3.82. The van der Waals surface area contributed by atoms with Gasteiger partial charge in [0.1, 0.15) is 47.9 Å². The van der Waals surface area contributed by atoms with Gasteiger partial charge in [0.05, 0.1) is 42.0 Å². The maximum atomic E-state index is 13.9. The summed E-state index contributed by atoms with van der Waals surface area (Å²) in [5.41, 5.74) is -4.50. The van der Waals surface area contributed by atoms with Crippen molar-refractivity contribution < 1.29 is 63.3 Å². The molecular formula is C33H37NO13. The molecule has 14 nitrogen and oxygen atoms in total. The maximum absolute atomic E-state index is 13.9. The van der Waals surface area contributed by atoms with E-state index >= 15 is 0 Å². The van der Waals surface area contributed by atoms with E-state index in [9.17, 15) is 39.6 Å². The Hall–Kier alpha value is -4.08. The van der Waals surface area contributed by atoms with Crippen LogP contribution >= 0.6 is 0 Å². The molecule has 0 spiro atoms. The van der Waals surface area contributed by atoms with Gasteiger partial charge in [-0.2, -0.15) is 0 Å². The Kier molecular flexibility index (Phi) is 8.08. The quantitative estimate of drug-likeness (QED) is 0.292. The number of phenolic OH excluding ortho intramolecular Hbond substituents is 2. The monoisotopic (exact) mass is 655 g/mol. The number of ketones is 3. The van der Waals surface area contributed by atoms with E-state index in [0.717, 1.165) is 0 Å². The number of carbonyl (C=O) groups is 4. The van der Waals surface area contributed by atoms with Crippen LogP contribution in [0.2, 0.25) is 0 Å². The van der Waals surface area contributed by atoms with Crippen molar-refractivity contribution in [2.45, 2.75) is 88.8 Å². The number of hydrogen-bond donors (Lipinski definition) is 4. The van der Waals surface area contributed by atoms with Crippen molar-refractivity contribution in [3.05, 3.63) is 51.6 Å². The molecule has 252 valence electrons. The number of hydrogen-bond acceptors (Lipinski definition) is 13. The molecule has 4 aliphatic rings. The molecule has 2 aromatic carbocycles. The molecule has 0 bridgehead atoms. The number of fused-ring (bicyclic) bond motifs is 4. The average molecular weight is 656 g/mol. The van der Waals surface area contributed by atoms with Gasteiger partial charge in [0, 0.05) is 36.0 Å². The molecule has 5 unspecified atom stereocenters. The summed E-state index contributed by atoms with van der Waals surface area (Å²) in [5.74, 6) is -3.84. The van der Waals surface area contributed by atoms with Crippen LogP contribution < -0.4 is 4.74 Å². The number of aromatic hydroxyl groups is 2. The molecule has 2 aliphatic carbocycles. The minimum Gasteiger partial charge on any atom is -0.507 e. The molecule has 6 rings (SSSR count). The number of methoxy groups -OCH3 is 1. The summed E-state index contributed by atoms with van der Waals surface area (Å²) in [4.78, 5) is 54.8. The van der Waals surface area contributed by atoms with Gasteiger partial charge < -0.3 is 44.1 Å². The van der Waals surface area contributed by atoms with Crippen molar-refractivity contribution in [2.24, 2.45) is 0 Å². The lowest BCUT2D eigenvalue weighted by Gasteiger charge is -2.42. The van der Waals surface area contributed by atoms with Crippen LogP contribution in [0.1, 0.15) is 89.6 Å².